The molecule has 1 heterocycles. The van der Waals surface area contributed by atoms with Crippen LogP contribution in [0.4, 0.5) is 0 Å². The topological polar surface area (TPSA) is 83.6 Å². The number of carbonyl (C=O) groups excluding carboxylic acids is 1. The predicted octanol–water partition coefficient (Wildman–Crippen LogP) is 0.435. The molecule has 0 bridgehead atoms. The summed E-state index contributed by atoms with van der Waals surface area (Å²) in [6.07, 6.45) is 2.54. The van der Waals surface area contributed by atoms with Crippen LogP contribution in [0, 0.1) is 11.8 Å². The van der Waals surface area contributed by atoms with E-state index in [0.717, 1.165) is 12.8 Å². The van der Waals surface area contributed by atoms with Gasteiger partial charge in [0.1, 0.15) is 0 Å². The number of aliphatic carboxylic acids is 1. The summed E-state index contributed by atoms with van der Waals surface area (Å²) < 4.78 is 0. The Morgan fingerprint density at radius 3 is 2.35 bits per heavy atom. The van der Waals surface area contributed by atoms with Gasteiger partial charge in [0, 0.05) is 12.6 Å². The molecular weight excluding hydrogens is 220 g/mol. The van der Waals surface area contributed by atoms with Crippen molar-refractivity contribution in [2.75, 3.05) is 6.54 Å². The highest BCUT2D eigenvalue weighted by molar-refractivity contribution is 5.88. The van der Waals surface area contributed by atoms with E-state index >= 15 is 0 Å². The second kappa shape index (κ2) is 3.98. The Balaban J connectivity index is 2.08. The summed E-state index contributed by atoms with van der Waals surface area (Å²) in [7, 11) is 0. The highest BCUT2D eigenvalue weighted by Crippen LogP contribution is 2.40. The number of nitrogens with zero attached hydrogens (tertiary/aromatic N) is 1. The Hall–Kier alpha value is -1.10. The molecule has 2 fully saturated rings. The zero-order valence-electron chi connectivity index (χ0n) is 10.3. The summed E-state index contributed by atoms with van der Waals surface area (Å²) in [4.78, 5) is 25.0. The molecule has 0 radical (unpaired) electrons. The lowest BCUT2D eigenvalue weighted by Gasteiger charge is -2.32. The second-order valence-corrected chi connectivity index (χ2v) is 5.53. The van der Waals surface area contributed by atoms with Gasteiger partial charge in [0.15, 0.2) is 0 Å². The van der Waals surface area contributed by atoms with E-state index in [0.29, 0.717) is 13.0 Å². The molecule has 1 amide bonds. The molecule has 5 heteroatoms. The van der Waals surface area contributed by atoms with Crippen molar-refractivity contribution in [1.82, 2.24) is 4.90 Å². The van der Waals surface area contributed by atoms with Gasteiger partial charge in [-0.2, -0.15) is 0 Å². The summed E-state index contributed by atoms with van der Waals surface area (Å²) in [6, 6.07) is -0.248. The van der Waals surface area contributed by atoms with Crippen LogP contribution in [0.2, 0.25) is 0 Å². The average Bonchev–Trinajstić information content (AvgIpc) is 3.01. The molecule has 0 spiro atoms. The SMILES string of the molecule is CC1C(C(=O)O)CCN1C(=O)C(C)(N)C1CC1. The molecule has 1 aliphatic heterocycles. The van der Waals surface area contributed by atoms with Crippen LogP contribution in [0.1, 0.15) is 33.1 Å². The highest BCUT2D eigenvalue weighted by Gasteiger charge is 2.49. The van der Waals surface area contributed by atoms with E-state index in [1.807, 2.05) is 0 Å². The fourth-order valence-corrected chi connectivity index (χ4v) is 2.72. The predicted molar refractivity (Wildman–Crippen MR) is 62.2 cm³/mol. The van der Waals surface area contributed by atoms with Crippen LogP contribution >= 0.6 is 0 Å². The third-order valence-electron chi connectivity index (χ3n) is 4.22. The van der Waals surface area contributed by atoms with Gasteiger partial charge < -0.3 is 15.7 Å². The monoisotopic (exact) mass is 240 g/mol. The third kappa shape index (κ3) is 2.04. The van der Waals surface area contributed by atoms with E-state index in [1.54, 1.807) is 18.7 Å². The summed E-state index contributed by atoms with van der Waals surface area (Å²) in [5, 5.41) is 9.04. The Kier molecular flexibility index (Phi) is 2.89. The van der Waals surface area contributed by atoms with Crippen LogP contribution in [0.15, 0.2) is 0 Å². The zero-order chi connectivity index (χ0) is 12.8. The molecule has 2 rings (SSSR count). The second-order valence-electron chi connectivity index (χ2n) is 5.53. The fourth-order valence-electron chi connectivity index (χ4n) is 2.72. The number of hydrogen-bond donors (Lipinski definition) is 2. The molecule has 0 aromatic rings. The first-order valence-electron chi connectivity index (χ1n) is 6.18. The molecule has 3 atom stereocenters. The maximum atomic E-state index is 12.3. The Labute approximate surface area is 101 Å². The molecule has 17 heavy (non-hydrogen) atoms. The number of carbonyl (C=O) groups is 2. The normalized spacial score (nSPS) is 32.3. The van der Waals surface area contributed by atoms with E-state index in [-0.39, 0.29) is 17.9 Å². The molecule has 1 saturated heterocycles. The van der Waals surface area contributed by atoms with Crippen molar-refractivity contribution in [2.24, 2.45) is 17.6 Å². The van der Waals surface area contributed by atoms with Crippen LogP contribution in [0.25, 0.3) is 0 Å². The number of amides is 1. The van der Waals surface area contributed by atoms with Gasteiger partial charge in [-0.1, -0.05) is 0 Å². The van der Waals surface area contributed by atoms with Crippen molar-refractivity contribution in [1.29, 1.82) is 0 Å². The van der Waals surface area contributed by atoms with Gasteiger partial charge in [0.25, 0.3) is 0 Å². The van der Waals surface area contributed by atoms with Crippen molar-refractivity contribution in [3.05, 3.63) is 0 Å². The van der Waals surface area contributed by atoms with Gasteiger partial charge in [0.05, 0.1) is 11.5 Å². The van der Waals surface area contributed by atoms with E-state index in [9.17, 15) is 9.59 Å². The minimum atomic E-state index is -0.821. The van der Waals surface area contributed by atoms with Gasteiger partial charge >= 0.3 is 5.97 Å². The third-order valence-corrected chi connectivity index (χ3v) is 4.22. The Morgan fingerprint density at radius 2 is 1.94 bits per heavy atom. The molecule has 0 aromatic heterocycles. The van der Waals surface area contributed by atoms with Crippen molar-refractivity contribution in [3.63, 3.8) is 0 Å². The molecule has 1 saturated carbocycles. The summed E-state index contributed by atoms with van der Waals surface area (Å²) in [5.41, 5.74) is 5.27. The van der Waals surface area contributed by atoms with Crippen LogP contribution in [0.5, 0.6) is 0 Å². The summed E-state index contributed by atoms with van der Waals surface area (Å²) >= 11 is 0. The number of nitrogens with two attached hydrogens (primary N) is 1. The molecule has 2 aliphatic rings. The van der Waals surface area contributed by atoms with Crippen molar-refractivity contribution in [2.45, 2.75) is 44.7 Å². The van der Waals surface area contributed by atoms with E-state index in [4.69, 9.17) is 10.8 Å². The lowest BCUT2D eigenvalue weighted by atomic mass is 9.94. The highest BCUT2D eigenvalue weighted by atomic mass is 16.4. The number of carboxylic acid groups (broad SMARTS) is 1. The van der Waals surface area contributed by atoms with Crippen LogP contribution in [-0.4, -0.2) is 40.0 Å². The summed E-state index contributed by atoms with van der Waals surface area (Å²) in [6.45, 7) is 4.08. The molecule has 5 nitrogen and oxygen atoms in total. The fraction of sp³-hybridized carbons (Fsp3) is 0.833. The maximum absolute atomic E-state index is 12.3. The van der Waals surface area contributed by atoms with Gasteiger partial charge in [0.2, 0.25) is 5.91 Å². The van der Waals surface area contributed by atoms with Gasteiger partial charge in [-0.3, -0.25) is 9.59 Å². The average molecular weight is 240 g/mol. The van der Waals surface area contributed by atoms with E-state index in [2.05, 4.69) is 0 Å². The first-order chi connectivity index (χ1) is 7.85. The van der Waals surface area contributed by atoms with E-state index < -0.39 is 17.4 Å². The van der Waals surface area contributed by atoms with Crippen LogP contribution < -0.4 is 5.73 Å². The first-order valence-corrected chi connectivity index (χ1v) is 6.18. The summed E-state index contributed by atoms with van der Waals surface area (Å²) in [5.74, 6) is -1.09. The van der Waals surface area contributed by atoms with Crippen LogP contribution in [-0.2, 0) is 9.59 Å². The molecule has 3 unspecified atom stereocenters. The Morgan fingerprint density at radius 1 is 1.35 bits per heavy atom. The minimum Gasteiger partial charge on any atom is -0.481 e. The number of rotatable bonds is 3. The van der Waals surface area contributed by atoms with Crippen molar-refractivity contribution >= 4 is 11.9 Å². The van der Waals surface area contributed by atoms with Gasteiger partial charge in [-0.05, 0) is 39.0 Å². The first kappa shape index (κ1) is 12.4. The quantitative estimate of drug-likeness (QED) is 0.749. The molecular formula is C12H20N2O3. The lowest BCUT2D eigenvalue weighted by molar-refractivity contribution is -0.144. The Bertz CT molecular complexity index is 350. The maximum Gasteiger partial charge on any atom is 0.308 e. The van der Waals surface area contributed by atoms with Crippen LogP contribution in [0.3, 0.4) is 0 Å². The standard InChI is InChI=1S/C12H20N2O3/c1-7-9(10(15)16)5-6-14(7)11(17)12(2,13)8-3-4-8/h7-9H,3-6,13H2,1-2H3,(H,15,16). The molecule has 1 aliphatic carbocycles. The number of carboxylic acids is 1. The van der Waals surface area contributed by atoms with Gasteiger partial charge in [-0.25, -0.2) is 0 Å². The van der Waals surface area contributed by atoms with Crippen molar-refractivity contribution < 1.29 is 14.7 Å². The lowest BCUT2D eigenvalue weighted by Crippen LogP contribution is -2.56. The molecule has 3 N–H and O–H groups in total. The number of hydrogen-bond acceptors (Lipinski definition) is 3. The van der Waals surface area contributed by atoms with Gasteiger partial charge in [-0.15, -0.1) is 0 Å². The number of likely N-dealkylation sites (tertiary alicyclic amines) is 1. The molecule has 0 aromatic carbocycles. The molecule has 96 valence electrons. The van der Waals surface area contributed by atoms with Crippen molar-refractivity contribution in [3.8, 4) is 0 Å². The minimum absolute atomic E-state index is 0.0868. The van der Waals surface area contributed by atoms with E-state index in [1.165, 1.54) is 0 Å². The smallest absolute Gasteiger partial charge is 0.308 e. The largest absolute Gasteiger partial charge is 0.481 e. The zero-order valence-corrected chi connectivity index (χ0v) is 10.3.